The molecule has 3 unspecified atom stereocenters. The van der Waals surface area contributed by atoms with Crippen molar-refractivity contribution in [3.63, 3.8) is 0 Å². The van der Waals surface area contributed by atoms with E-state index >= 15 is 0 Å². The molecule has 0 saturated carbocycles. The molecule has 0 nitrogen and oxygen atoms in total. The summed E-state index contributed by atoms with van der Waals surface area (Å²) in [4.78, 5) is 0. The molecule has 33 heavy (non-hydrogen) atoms. The van der Waals surface area contributed by atoms with E-state index in [4.69, 9.17) is 0 Å². The van der Waals surface area contributed by atoms with Crippen molar-refractivity contribution in [3.8, 4) is 0 Å². The van der Waals surface area contributed by atoms with Gasteiger partial charge in [0.25, 0.3) is 0 Å². The summed E-state index contributed by atoms with van der Waals surface area (Å²) >= 11 is 0. The summed E-state index contributed by atoms with van der Waals surface area (Å²) in [6, 6.07) is 7.47. The molecule has 0 spiro atoms. The van der Waals surface area contributed by atoms with Crippen LogP contribution in [0.1, 0.15) is 57.1 Å². The molecule has 0 bridgehead atoms. The number of hydrogen-bond donors (Lipinski definition) is 0. The number of allylic oxidation sites excluding steroid dienone is 13. The van der Waals surface area contributed by atoms with E-state index in [1.54, 1.807) is 24.3 Å². The van der Waals surface area contributed by atoms with Gasteiger partial charge in [0.1, 0.15) is 11.7 Å². The molecule has 0 saturated heterocycles. The number of halogens is 3. The third-order valence-electron chi connectivity index (χ3n) is 6.70. The first kappa shape index (κ1) is 23.4. The van der Waals surface area contributed by atoms with Crippen molar-refractivity contribution in [3.05, 3.63) is 107 Å². The Kier molecular flexibility index (Phi) is 7.37. The van der Waals surface area contributed by atoms with Gasteiger partial charge in [0, 0.05) is 17.1 Å². The zero-order valence-electron chi connectivity index (χ0n) is 19.3. The van der Waals surface area contributed by atoms with Crippen LogP contribution in [0.5, 0.6) is 0 Å². The fourth-order valence-corrected chi connectivity index (χ4v) is 4.73. The van der Waals surface area contributed by atoms with Gasteiger partial charge < -0.3 is 0 Å². The molecule has 0 radical (unpaired) electrons. The van der Waals surface area contributed by atoms with Crippen molar-refractivity contribution >= 4 is 11.6 Å². The van der Waals surface area contributed by atoms with Crippen LogP contribution >= 0.6 is 0 Å². The molecule has 0 aromatic heterocycles. The van der Waals surface area contributed by atoms with Crippen molar-refractivity contribution in [1.82, 2.24) is 0 Å². The van der Waals surface area contributed by atoms with Crippen molar-refractivity contribution in [2.75, 3.05) is 0 Å². The fraction of sp³-hybridized carbons (Fsp3) is 0.333. The van der Waals surface area contributed by atoms with Crippen LogP contribution in [0.2, 0.25) is 0 Å². The van der Waals surface area contributed by atoms with Gasteiger partial charge in [0.05, 0.1) is 0 Å². The Labute approximate surface area is 195 Å². The molecule has 0 aliphatic heterocycles. The van der Waals surface area contributed by atoms with Crippen LogP contribution in [0.3, 0.4) is 0 Å². The van der Waals surface area contributed by atoms with Gasteiger partial charge in [-0.2, -0.15) is 0 Å². The maximum Gasteiger partial charge on any atom is 0.161 e. The minimum absolute atomic E-state index is 0.00259. The second-order valence-corrected chi connectivity index (χ2v) is 9.25. The Morgan fingerprint density at radius 3 is 2.39 bits per heavy atom. The molecule has 3 heteroatoms. The van der Waals surface area contributed by atoms with Gasteiger partial charge in [-0.25, -0.2) is 13.2 Å². The SMILES string of the molecule is CCCC1=CCC(C2CC=C(/C=C/c3ccc(C4=CCC(C)C=C4F)cc3)C(F)=C2F)C=C1. The molecule has 4 rings (SSSR count). The Bertz CT molecular complexity index is 1090. The zero-order valence-corrected chi connectivity index (χ0v) is 19.3. The molecular weight excluding hydrogens is 417 g/mol. The lowest BCUT2D eigenvalue weighted by Crippen LogP contribution is -2.18. The van der Waals surface area contributed by atoms with E-state index in [1.807, 2.05) is 43.3 Å². The maximum atomic E-state index is 14.9. The Balaban J connectivity index is 1.41. The highest BCUT2D eigenvalue weighted by Crippen LogP contribution is 2.40. The fourth-order valence-electron chi connectivity index (χ4n) is 4.73. The molecule has 1 aromatic rings. The van der Waals surface area contributed by atoms with Crippen LogP contribution in [0.4, 0.5) is 13.2 Å². The highest BCUT2D eigenvalue weighted by atomic mass is 19.2. The average Bonchev–Trinajstić information content (AvgIpc) is 2.81. The molecule has 0 N–H and O–H groups in total. The minimum Gasteiger partial charge on any atom is -0.208 e. The third kappa shape index (κ3) is 5.40. The van der Waals surface area contributed by atoms with Gasteiger partial charge >= 0.3 is 0 Å². The van der Waals surface area contributed by atoms with Gasteiger partial charge in [0.15, 0.2) is 5.83 Å². The van der Waals surface area contributed by atoms with E-state index < -0.39 is 17.6 Å². The molecule has 3 aliphatic carbocycles. The number of benzene rings is 1. The van der Waals surface area contributed by atoms with Crippen molar-refractivity contribution in [2.45, 2.75) is 46.0 Å². The number of hydrogen-bond acceptors (Lipinski definition) is 0. The Morgan fingerprint density at radius 2 is 1.73 bits per heavy atom. The second-order valence-electron chi connectivity index (χ2n) is 9.25. The third-order valence-corrected chi connectivity index (χ3v) is 6.70. The lowest BCUT2D eigenvalue weighted by molar-refractivity contribution is 0.349. The lowest BCUT2D eigenvalue weighted by Gasteiger charge is -2.27. The lowest BCUT2D eigenvalue weighted by atomic mass is 9.79. The predicted molar refractivity (Wildman–Crippen MR) is 132 cm³/mol. The van der Waals surface area contributed by atoms with Gasteiger partial charge in [-0.15, -0.1) is 0 Å². The predicted octanol–water partition coefficient (Wildman–Crippen LogP) is 9.38. The molecule has 1 aromatic carbocycles. The Morgan fingerprint density at radius 1 is 0.939 bits per heavy atom. The summed E-state index contributed by atoms with van der Waals surface area (Å²) in [6.45, 7) is 4.13. The highest BCUT2D eigenvalue weighted by Gasteiger charge is 2.30. The second kappa shape index (κ2) is 10.4. The van der Waals surface area contributed by atoms with Crippen LogP contribution in [-0.4, -0.2) is 0 Å². The molecule has 172 valence electrons. The van der Waals surface area contributed by atoms with Gasteiger partial charge in [0.2, 0.25) is 0 Å². The first-order valence-corrected chi connectivity index (χ1v) is 12.0. The van der Waals surface area contributed by atoms with Crippen LogP contribution < -0.4 is 0 Å². The van der Waals surface area contributed by atoms with Crippen molar-refractivity contribution < 1.29 is 13.2 Å². The van der Waals surface area contributed by atoms with Gasteiger partial charge in [-0.1, -0.05) is 92.6 Å². The van der Waals surface area contributed by atoms with Crippen LogP contribution in [0.15, 0.2) is 95.4 Å². The maximum absolute atomic E-state index is 14.9. The van der Waals surface area contributed by atoms with E-state index in [1.165, 1.54) is 5.57 Å². The molecular formula is C30H31F3. The largest absolute Gasteiger partial charge is 0.208 e. The smallest absolute Gasteiger partial charge is 0.161 e. The Hall–Kier alpha value is -2.81. The molecule has 0 heterocycles. The van der Waals surface area contributed by atoms with E-state index in [0.29, 0.717) is 12.0 Å². The summed E-state index contributed by atoms with van der Waals surface area (Å²) in [5.41, 5.74) is 3.86. The zero-order chi connectivity index (χ0) is 23.4. The van der Waals surface area contributed by atoms with E-state index in [2.05, 4.69) is 19.1 Å². The first-order chi connectivity index (χ1) is 16.0. The van der Waals surface area contributed by atoms with E-state index in [-0.39, 0.29) is 23.2 Å². The van der Waals surface area contributed by atoms with Crippen LogP contribution in [-0.2, 0) is 0 Å². The molecule has 3 atom stereocenters. The molecule has 3 aliphatic rings. The minimum atomic E-state index is -0.760. The standard InChI is InChI=1S/C30H31F3/c1-3-4-21-6-13-24(14-7-21)27-18-16-25(29(32)30(27)33)15-10-22-8-11-23(12-9-22)26-17-5-20(2)19-28(26)31/h6-13,15-17,19-20,24,27H,3-5,14,18H2,1-2H3/b15-10+. The van der Waals surface area contributed by atoms with E-state index in [9.17, 15) is 13.2 Å². The van der Waals surface area contributed by atoms with Crippen LogP contribution in [0.25, 0.3) is 11.6 Å². The number of rotatable bonds is 6. The summed E-state index contributed by atoms with van der Waals surface area (Å²) in [7, 11) is 0. The van der Waals surface area contributed by atoms with Gasteiger partial charge in [-0.05, 0) is 54.7 Å². The van der Waals surface area contributed by atoms with Crippen molar-refractivity contribution in [2.24, 2.45) is 17.8 Å². The first-order valence-electron chi connectivity index (χ1n) is 12.0. The van der Waals surface area contributed by atoms with Crippen LogP contribution in [0, 0.1) is 17.8 Å². The monoisotopic (exact) mass is 448 g/mol. The molecule has 0 amide bonds. The topological polar surface area (TPSA) is 0 Å². The highest BCUT2D eigenvalue weighted by molar-refractivity contribution is 5.78. The molecule has 0 fully saturated rings. The van der Waals surface area contributed by atoms with E-state index in [0.717, 1.165) is 36.8 Å². The van der Waals surface area contributed by atoms with Gasteiger partial charge in [-0.3, -0.25) is 0 Å². The quantitative estimate of drug-likeness (QED) is 0.407. The normalized spacial score (nSPS) is 25.7. The summed E-state index contributed by atoms with van der Waals surface area (Å²) in [6.07, 6.45) is 19.2. The summed E-state index contributed by atoms with van der Waals surface area (Å²) < 4.78 is 44.0. The average molecular weight is 449 g/mol. The summed E-state index contributed by atoms with van der Waals surface area (Å²) in [5.74, 6) is -1.82. The summed E-state index contributed by atoms with van der Waals surface area (Å²) in [5, 5.41) is 0. The van der Waals surface area contributed by atoms with Crippen molar-refractivity contribution in [1.29, 1.82) is 0 Å².